The maximum absolute atomic E-state index is 11.9. The fourth-order valence-corrected chi connectivity index (χ4v) is 2.95. The van der Waals surface area contributed by atoms with Crippen molar-refractivity contribution < 1.29 is 19.8 Å². The van der Waals surface area contributed by atoms with Crippen LogP contribution in [0, 0.1) is 0 Å². The van der Waals surface area contributed by atoms with Crippen LogP contribution in [0.2, 0.25) is 0 Å². The van der Waals surface area contributed by atoms with Crippen LogP contribution in [0.5, 0.6) is 0 Å². The molecule has 2 amide bonds. The summed E-state index contributed by atoms with van der Waals surface area (Å²) in [6.45, 7) is 5.19. The minimum Gasteiger partial charge on any atom is -0.392 e. The third-order valence-electron chi connectivity index (χ3n) is 3.71. The van der Waals surface area contributed by atoms with Crippen molar-refractivity contribution in [2.45, 2.75) is 57.4 Å². The maximum atomic E-state index is 11.9. The number of hydrogen-bond acceptors (Lipinski definition) is 6. The Kier molecular flexibility index (Phi) is 8.90. The molecule has 0 spiro atoms. The van der Waals surface area contributed by atoms with Crippen molar-refractivity contribution in [1.82, 2.24) is 15.5 Å². The Balaban J connectivity index is 2.32. The normalized spacial score (nSPS) is 24.3. The van der Waals surface area contributed by atoms with Crippen molar-refractivity contribution >= 4 is 24.4 Å². The number of piperazine rings is 1. The van der Waals surface area contributed by atoms with Gasteiger partial charge in [0.15, 0.2) is 0 Å². The Hall–Kier alpha value is -0.830. The summed E-state index contributed by atoms with van der Waals surface area (Å²) in [6, 6.07) is -1.03. The number of unbranched alkanes of at least 4 members (excludes halogenated alkanes) is 1. The van der Waals surface area contributed by atoms with Gasteiger partial charge in [0.25, 0.3) is 0 Å². The lowest BCUT2D eigenvalue weighted by Crippen LogP contribution is -2.62. The van der Waals surface area contributed by atoms with Crippen molar-refractivity contribution in [2.24, 2.45) is 0 Å². The number of carbonyl (C=O) groups is 2. The van der Waals surface area contributed by atoms with E-state index in [0.29, 0.717) is 19.5 Å². The lowest BCUT2D eigenvalue weighted by Gasteiger charge is -2.29. The Morgan fingerprint density at radius 1 is 1.04 bits per heavy atom. The Morgan fingerprint density at radius 2 is 1.57 bits per heavy atom. The molecule has 4 unspecified atom stereocenters. The highest BCUT2D eigenvalue weighted by molar-refractivity contribution is 7.80. The first-order chi connectivity index (χ1) is 10.8. The van der Waals surface area contributed by atoms with Gasteiger partial charge in [0.1, 0.15) is 12.1 Å². The highest BCUT2D eigenvalue weighted by atomic mass is 32.1. The van der Waals surface area contributed by atoms with Gasteiger partial charge in [-0.25, -0.2) is 0 Å². The molecule has 0 aromatic rings. The summed E-state index contributed by atoms with van der Waals surface area (Å²) in [6.07, 6.45) is 1.29. The number of rotatable bonds is 10. The fourth-order valence-electron chi connectivity index (χ4n) is 2.70. The van der Waals surface area contributed by atoms with Crippen LogP contribution in [-0.2, 0) is 9.59 Å². The summed E-state index contributed by atoms with van der Waals surface area (Å²) >= 11 is 4.03. The van der Waals surface area contributed by atoms with E-state index >= 15 is 0 Å². The van der Waals surface area contributed by atoms with Crippen LogP contribution >= 0.6 is 12.6 Å². The Labute approximate surface area is 143 Å². The van der Waals surface area contributed by atoms with Gasteiger partial charge in [0.05, 0.1) is 12.2 Å². The Bertz CT molecular complexity index is 383. The fraction of sp³-hybridized carbons (Fsp3) is 0.867. The van der Waals surface area contributed by atoms with Crippen LogP contribution in [0.1, 0.15) is 33.1 Å². The zero-order chi connectivity index (χ0) is 17.4. The summed E-state index contributed by atoms with van der Waals surface area (Å²) in [5, 5.41) is 24.3. The predicted molar refractivity (Wildman–Crippen MR) is 91.4 cm³/mol. The predicted octanol–water partition coefficient (Wildman–Crippen LogP) is -0.867. The summed E-state index contributed by atoms with van der Waals surface area (Å²) in [7, 11) is 0. The molecular formula is C15H29N3O4S. The smallest absolute Gasteiger partial charge is 0.244 e. The van der Waals surface area contributed by atoms with Crippen molar-refractivity contribution in [2.75, 3.05) is 25.4 Å². The molecule has 4 atom stereocenters. The first kappa shape index (κ1) is 20.2. The number of amides is 2. The molecule has 0 aromatic carbocycles. The summed E-state index contributed by atoms with van der Waals surface area (Å²) < 4.78 is 0. The zero-order valence-corrected chi connectivity index (χ0v) is 14.8. The molecule has 1 fully saturated rings. The van der Waals surface area contributed by atoms with E-state index in [2.05, 4.69) is 23.3 Å². The highest BCUT2D eigenvalue weighted by Gasteiger charge is 2.32. The van der Waals surface area contributed by atoms with Crippen molar-refractivity contribution in [3.63, 3.8) is 0 Å². The topological polar surface area (TPSA) is 102 Å². The molecule has 134 valence electrons. The molecular weight excluding hydrogens is 318 g/mol. The molecule has 1 heterocycles. The third kappa shape index (κ3) is 7.52. The second-order valence-corrected chi connectivity index (χ2v) is 6.62. The molecule has 23 heavy (non-hydrogen) atoms. The van der Waals surface area contributed by atoms with E-state index in [1.54, 1.807) is 13.8 Å². The maximum Gasteiger partial charge on any atom is 0.244 e. The number of thiol groups is 1. The average Bonchev–Trinajstić information content (AvgIpc) is 2.45. The van der Waals surface area contributed by atoms with Crippen molar-refractivity contribution in [3.8, 4) is 0 Å². The minimum absolute atomic E-state index is 0.159. The van der Waals surface area contributed by atoms with Gasteiger partial charge >= 0.3 is 0 Å². The van der Waals surface area contributed by atoms with Crippen LogP contribution in [0.15, 0.2) is 0 Å². The summed E-state index contributed by atoms with van der Waals surface area (Å²) in [4.78, 5) is 25.6. The first-order valence-electron chi connectivity index (χ1n) is 8.13. The molecule has 0 aliphatic carbocycles. The summed E-state index contributed by atoms with van der Waals surface area (Å²) in [5.41, 5.74) is 0. The molecule has 0 bridgehead atoms. The zero-order valence-electron chi connectivity index (χ0n) is 13.9. The second-order valence-electron chi connectivity index (χ2n) is 6.26. The quantitative estimate of drug-likeness (QED) is 0.261. The first-order valence-corrected chi connectivity index (χ1v) is 8.76. The number of carbonyl (C=O) groups excluding carboxylic acids is 2. The van der Waals surface area contributed by atoms with E-state index in [1.807, 2.05) is 4.90 Å². The van der Waals surface area contributed by atoms with Crippen LogP contribution < -0.4 is 10.6 Å². The summed E-state index contributed by atoms with van der Waals surface area (Å²) in [5.74, 6) is -0.0549. The second kappa shape index (κ2) is 10.1. The van der Waals surface area contributed by atoms with Crippen LogP contribution in [0.3, 0.4) is 0 Å². The Morgan fingerprint density at radius 3 is 2.09 bits per heavy atom. The molecule has 1 rings (SSSR count). The lowest BCUT2D eigenvalue weighted by atomic mass is 10.0. The van der Waals surface area contributed by atoms with Gasteiger partial charge in [-0.15, -0.1) is 0 Å². The third-order valence-corrected chi connectivity index (χ3v) is 4.08. The molecule has 7 nitrogen and oxygen atoms in total. The van der Waals surface area contributed by atoms with Crippen LogP contribution in [0.4, 0.5) is 0 Å². The van der Waals surface area contributed by atoms with Gasteiger partial charge in [0, 0.05) is 18.8 Å². The highest BCUT2D eigenvalue weighted by Crippen LogP contribution is 2.08. The van der Waals surface area contributed by atoms with E-state index in [0.717, 1.165) is 19.4 Å². The lowest BCUT2D eigenvalue weighted by molar-refractivity contribution is -0.136. The van der Waals surface area contributed by atoms with Gasteiger partial charge in [-0.1, -0.05) is 0 Å². The van der Waals surface area contributed by atoms with Gasteiger partial charge in [0.2, 0.25) is 11.8 Å². The standard InChI is InChI=1S/C15H29N3O4S/c1-10(19)7-18(8-11(2)20)6-4-3-5-12-14(21)17-13(9-23)15(22)16-12/h10-13,19-20,23H,3-9H2,1-2H3,(H,16,22)(H,17,21). The van der Waals surface area contributed by atoms with E-state index in [9.17, 15) is 19.8 Å². The molecule has 0 radical (unpaired) electrons. The van der Waals surface area contributed by atoms with Gasteiger partial charge in [-0.05, 0) is 39.7 Å². The largest absolute Gasteiger partial charge is 0.392 e. The number of aliphatic hydroxyl groups is 2. The number of hydrogen-bond donors (Lipinski definition) is 5. The molecule has 1 aliphatic rings. The van der Waals surface area contributed by atoms with E-state index in [-0.39, 0.29) is 17.6 Å². The van der Waals surface area contributed by atoms with Crippen molar-refractivity contribution in [3.05, 3.63) is 0 Å². The number of nitrogens with one attached hydrogen (secondary N) is 2. The van der Waals surface area contributed by atoms with Gasteiger partial charge in [-0.3, -0.25) is 14.5 Å². The minimum atomic E-state index is -0.547. The molecule has 1 saturated heterocycles. The molecule has 4 N–H and O–H groups in total. The number of aliphatic hydroxyl groups excluding tert-OH is 2. The SMILES string of the molecule is CC(O)CN(CCCCC1NC(=O)C(CS)NC1=O)CC(C)O. The molecule has 0 saturated carbocycles. The molecule has 1 aliphatic heterocycles. The van der Waals surface area contributed by atoms with E-state index < -0.39 is 24.3 Å². The van der Waals surface area contributed by atoms with E-state index in [4.69, 9.17) is 0 Å². The van der Waals surface area contributed by atoms with Crippen LogP contribution in [0.25, 0.3) is 0 Å². The van der Waals surface area contributed by atoms with Crippen molar-refractivity contribution in [1.29, 1.82) is 0 Å². The van der Waals surface area contributed by atoms with E-state index in [1.165, 1.54) is 0 Å². The number of nitrogens with zero attached hydrogens (tertiary/aromatic N) is 1. The van der Waals surface area contributed by atoms with Gasteiger partial charge in [-0.2, -0.15) is 12.6 Å². The van der Waals surface area contributed by atoms with Crippen LogP contribution in [-0.4, -0.2) is 76.6 Å². The average molecular weight is 347 g/mol. The molecule has 0 aromatic heterocycles. The van der Waals surface area contributed by atoms with Gasteiger partial charge < -0.3 is 20.8 Å². The molecule has 8 heteroatoms. The monoisotopic (exact) mass is 347 g/mol.